The summed E-state index contributed by atoms with van der Waals surface area (Å²) in [6.07, 6.45) is 5.63. The lowest BCUT2D eigenvalue weighted by Gasteiger charge is -2.25. The normalized spacial score (nSPS) is 19.2. The van der Waals surface area contributed by atoms with Crippen molar-refractivity contribution in [2.24, 2.45) is 5.73 Å². The van der Waals surface area contributed by atoms with Gasteiger partial charge in [-0.15, -0.1) is 0 Å². The van der Waals surface area contributed by atoms with E-state index in [-0.39, 0.29) is 12.1 Å². The van der Waals surface area contributed by atoms with Gasteiger partial charge in [-0.25, -0.2) is 4.79 Å². The Labute approximate surface area is 83.9 Å². The maximum atomic E-state index is 10.9. The number of carbonyl (C=O) groups excluding carboxylic acids is 1. The van der Waals surface area contributed by atoms with Crippen LogP contribution >= 0.6 is 0 Å². The van der Waals surface area contributed by atoms with Crippen molar-refractivity contribution < 1.29 is 4.79 Å². The average molecular weight is 196 g/mol. The minimum absolute atomic E-state index is 0.273. The quantitative estimate of drug-likeness (QED) is 0.470. The van der Waals surface area contributed by atoms with E-state index >= 15 is 0 Å². The molecule has 0 spiro atoms. The van der Waals surface area contributed by atoms with Crippen molar-refractivity contribution in [1.82, 2.24) is 10.2 Å². The van der Waals surface area contributed by atoms with Crippen molar-refractivity contribution in [2.75, 3.05) is 13.1 Å². The van der Waals surface area contributed by atoms with Gasteiger partial charge in [-0.2, -0.15) is 5.26 Å². The molecule has 0 bridgehead atoms. The smallest absolute Gasteiger partial charge is 0.314 e. The molecule has 1 fully saturated rings. The molecule has 1 aliphatic heterocycles. The van der Waals surface area contributed by atoms with E-state index in [0.717, 1.165) is 25.7 Å². The molecule has 5 nitrogen and oxygen atoms in total. The lowest BCUT2D eigenvalue weighted by Crippen LogP contribution is -2.40. The molecule has 0 unspecified atom stereocenters. The van der Waals surface area contributed by atoms with E-state index in [0.29, 0.717) is 13.1 Å². The lowest BCUT2D eigenvalue weighted by atomic mass is 10.0. The van der Waals surface area contributed by atoms with Crippen molar-refractivity contribution in [3.05, 3.63) is 0 Å². The number of nitrogens with zero attached hydrogens (tertiary/aromatic N) is 2. The number of amides is 2. The van der Waals surface area contributed by atoms with Crippen LogP contribution in [0.2, 0.25) is 0 Å². The van der Waals surface area contributed by atoms with Gasteiger partial charge in [0.2, 0.25) is 0 Å². The van der Waals surface area contributed by atoms with Crippen LogP contribution in [0.5, 0.6) is 0 Å². The van der Waals surface area contributed by atoms with Crippen LogP contribution in [0.1, 0.15) is 25.7 Å². The molecule has 3 N–H and O–H groups in total. The fraction of sp³-hybridized carbons (Fsp3) is 0.778. The number of nitrogens with two attached hydrogens (primary N) is 1. The summed E-state index contributed by atoms with van der Waals surface area (Å²) in [7, 11) is 0. The highest BCUT2D eigenvalue weighted by Gasteiger charge is 2.16. The molecular formula is C9H16N4O. The summed E-state index contributed by atoms with van der Waals surface area (Å²) in [5.74, 6) is 0. The highest BCUT2D eigenvalue weighted by molar-refractivity contribution is 5.71. The molecule has 0 radical (unpaired) electrons. The number of rotatable bonds is 1. The van der Waals surface area contributed by atoms with E-state index in [9.17, 15) is 4.79 Å². The number of nitrogens with one attached hydrogen (secondary N) is 1. The molecule has 1 saturated heterocycles. The van der Waals surface area contributed by atoms with Gasteiger partial charge < -0.3 is 16.0 Å². The molecular weight excluding hydrogens is 180 g/mol. The number of primary amides is 1. The minimum atomic E-state index is -0.336. The van der Waals surface area contributed by atoms with E-state index in [2.05, 4.69) is 5.32 Å². The number of carbonyl (C=O) groups is 1. The Hall–Kier alpha value is -1.44. The maximum Gasteiger partial charge on any atom is 0.314 e. The van der Waals surface area contributed by atoms with Crippen LogP contribution in [-0.4, -0.2) is 30.1 Å². The van der Waals surface area contributed by atoms with E-state index in [1.807, 2.05) is 6.19 Å². The summed E-state index contributed by atoms with van der Waals surface area (Å²) in [6, 6.07) is -0.0632. The molecule has 78 valence electrons. The Kier molecular flexibility index (Phi) is 4.05. The predicted octanol–water partition coefficient (Wildman–Crippen LogP) is 0.380. The second-order valence-electron chi connectivity index (χ2n) is 3.56. The largest absolute Gasteiger partial charge is 0.351 e. The summed E-state index contributed by atoms with van der Waals surface area (Å²) in [4.78, 5) is 12.6. The van der Waals surface area contributed by atoms with Gasteiger partial charge in [-0.3, -0.25) is 0 Å². The first kappa shape index (κ1) is 10.6. The zero-order valence-electron chi connectivity index (χ0n) is 8.20. The fourth-order valence-electron chi connectivity index (χ4n) is 1.77. The van der Waals surface area contributed by atoms with Gasteiger partial charge in [0, 0.05) is 19.1 Å². The van der Waals surface area contributed by atoms with Gasteiger partial charge in [0.1, 0.15) is 0 Å². The summed E-state index contributed by atoms with van der Waals surface area (Å²) in [5.41, 5.74) is 5.20. The van der Waals surface area contributed by atoms with Crippen molar-refractivity contribution in [2.45, 2.75) is 31.7 Å². The fourth-order valence-corrected chi connectivity index (χ4v) is 1.77. The first-order valence-electron chi connectivity index (χ1n) is 4.93. The van der Waals surface area contributed by atoms with Gasteiger partial charge in [-0.05, 0) is 25.7 Å². The van der Waals surface area contributed by atoms with E-state index < -0.39 is 0 Å². The predicted molar refractivity (Wildman–Crippen MR) is 52.2 cm³/mol. The Morgan fingerprint density at radius 3 is 2.43 bits per heavy atom. The molecule has 0 aliphatic carbocycles. The number of hydrogen-bond donors (Lipinski definition) is 2. The molecule has 0 aromatic heterocycles. The molecule has 5 heteroatoms. The van der Waals surface area contributed by atoms with Crippen molar-refractivity contribution in [1.29, 1.82) is 5.26 Å². The zero-order chi connectivity index (χ0) is 10.4. The molecule has 0 saturated carbocycles. The monoisotopic (exact) mass is 196 g/mol. The highest BCUT2D eigenvalue weighted by atomic mass is 16.2. The van der Waals surface area contributed by atoms with E-state index in [4.69, 9.17) is 11.0 Å². The van der Waals surface area contributed by atoms with Crippen LogP contribution < -0.4 is 11.1 Å². The Morgan fingerprint density at radius 2 is 2.00 bits per heavy atom. The van der Waals surface area contributed by atoms with Crippen molar-refractivity contribution in [3.63, 3.8) is 0 Å². The standard InChI is InChI=1S/C9H16N4O/c10-7-12-8-3-1-5-13(9(11)14)6-2-4-8/h8,12H,1-6H2,(H2,11,14). The van der Waals surface area contributed by atoms with E-state index in [1.165, 1.54) is 0 Å². The second kappa shape index (κ2) is 5.32. The summed E-state index contributed by atoms with van der Waals surface area (Å²) >= 11 is 0. The maximum absolute atomic E-state index is 10.9. The Balaban J connectivity index is 2.36. The summed E-state index contributed by atoms with van der Waals surface area (Å²) < 4.78 is 0. The van der Waals surface area contributed by atoms with Gasteiger partial charge in [0.05, 0.1) is 0 Å². The molecule has 1 heterocycles. The van der Waals surface area contributed by atoms with Gasteiger partial charge in [0.15, 0.2) is 6.19 Å². The lowest BCUT2D eigenvalue weighted by molar-refractivity contribution is 0.199. The minimum Gasteiger partial charge on any atom is -0.351 e. The van der Waals surface area contributed by atoms with Crippen LogP contribution in [0.4, 0.5) is 4.79 Å². The van der Waals surface area contributed by atoms with E-state index in [1.54, 1.807) is 4.90 Å². The van der Waals surface area contributed by atoms with Gasteiger partial charge in [0.25, 0.3) is 0 Å². The summed E-state index contributed by atoms with van der Waals surface area (Å²) in [5, 5.41) is 11.2. The van der Waals surface area contributed by atoms with Crippen LogP contribution in [0, 0.1) is 11.5 Å². The highest BCUT2D eigenvalue weighted by Crippen LogP contribution is 2.11. The third-order valence-corrected chi connectivity index (χ3v) is 2.54. The number of likely N-dealkylation sites (tertiary alicyclic amines) is 1. The average Bonchev–Trinajstić information content (AvgIpc) is 2.08. The molecule has 0 aromatic rings. The Bertz CT molecular complexity index is 225. The first-order valence-corrected chi connectivity index (χ1v) is 4.93. The van der Waals surface area contributed by atoms with Gasteiger partial charge in [-0.1, -0.05) is 0 Å². The molecule has 1 aliphatic rings. The van der Waals surface area contributed by atoms with Crippen LogP contribution in [0.15, 0.2) is 0 Å². The van der Waals surface area contributed by atoms with Crippen molar-refractivity contribution >= 4 is 6.03 Å². The number of urea groups is 1. The number of nitriles is 1. The third-order valence-electron chi connectivity index (χ3n) is 2.54. The molecule has 2 amide bonds. The van der Waals surface area contributed by atoms with Crippen molar-refractivity contribution in [3.8, 4) is 6.19 Å². The topological polar surface area (TPSA) is 82.2 Å². The second-order valence-corrected chi connectivity index (χ2v) is 3.56. The zero-order valence-corrected chi connectivity index (χ0v) is 8.20. The van der Waals surface area contributed by atoms with Crippen LogP contribution in [0.25, 0.3) is 0 Å². The molecule has 0 atom stereocenters. The van der Waals surface area contributed by atoms with Crippen LogP contribution in [-0.2, 0) is 0 Å². The summed E-state index contributed by atoms with van der Waals surface area (Å²) in [6.45, 7) is 1.41. The first-order chi connectivity index (χ1) is 6.74. The molecule has 14 heavy (non-hydrogen) atoms. The SMILES string of the molecule is N#CNC1CCCN(C(N)=O)CCC1. The molecule has 1 rings (SSSR count). The van der Waals surface area contributed by atoms with Gasteiger partial charge >= 0.3 is 6.03 Å². The van der Waals surface area contributed by atoms with Crippen LogP contribution in [0.3, 0.4) is 0 Å². The third kappa shape index (κ3) is 3.13. The Morgan fingerprint density at radius 1 is 1.43 bits per heavy atom. The molecule has 0 aromatic carbocycles. The number of hydrogen-bond acceptors (Lipinski definition) is 3.